The van der Waals surface area contributed by atoms with Crippen molar-refractivity contribution in [3.63, 3.8) is 0 Å². The summed E-state index contributed by atoms with van der Waals surface area (Å²) in [7, 11) is 1.67. The average molecular weight is 317 g/mol. The topological polar surface area (TPSA) is 68.9 Å². The van der Waals surface area contributed by atoms with Crippen molar-refractivity contribution in [1.29, 1.82) is 0 Å². The molecule has 1 saturated carbocycles. The summed E-state index contributed by atoms with van der Waals surface area (Å²) in [5.41, 5.74) is 7.24. The van der Waals surface area contributed by atoms with Crippen LogP contribution in [0.4, 0.5) is 0 Å². The van der Waals surface area contributed by atoms with Crippen molar-refractivity contribution < 1.29 is 9.47 Å². The van der Waals surface area contributed by atoms with Gasteiger partial charge in [-0.05, 0) is 44.1 Å². The lowest BCUT2D eigenvalue weighted by Gasteiger charge is -2.47. The summed E-state index contributed by atoms with van der Waals surface area (Å²) in [4.78, 5) is 4.43. The van der Waals surface area contributed by atoms with Gasteiger partial charge in [0.05, 0.1) is 19.3 Å². The Bertz CT molecular complexity index is 555. The van der Waals surface area contributed by atoms with Gasteiger partial charge in [-0.15, -0.1) is 0 Å². The monoisotopic (exact) mass is 317 g/mol. The molecule has 1 aromatic carbocycles. The number of hydrogen-bond donors (Lipinski definition) is 2. The van der Waals surface area contributed by atoms with E-state index in [4.69, 9.17) is 15.2 Å². The van der Waals surface area contributed by atoms with E-state index in [1.807, 2.05) is 24.3 Å². The van der Waals surface area contributed by atoms with E-state index in [-0.39, 0.29) is 5.60 Å². The van der Waals surface area contributed by atoms with Gasteiger partial charge in [0.2, 0.25) is 0 Å². The number of nitrogens with two attached hydrogens (primary N) is 1. The number of nitrogens with zero attached hydrogens (tertiary/aromatic N) is 1. The van der Waals surface area contributed by atoms with Crippen molar-refractivity contribution >= 4 is 5.96 Å². The fraction of sp³-hybridized carbons (Fsp3) is 0.611. The fourth-order valence-corrected chi connectivity index (χ4v) is 3.53. The van der Waals surface area contributed by atoms with Crippen LogP contribution in [0, 0.1) is 5.92 Å². The Balaban J connectivity index is 1.48. The molecule has 3 rings (SSSR count). The van der Waals surface area contributed by atoms with E-state index in [2.05, 4.69) is 10.3 Å². The molecule has 0 bridgehead atoms. The van der Waals surface area contributed by atoms with Gasteiger partial charge in [0.1, 0.15) is 5.75 Å². The normalized spacial score (nSPS) is 23.3. The smallest absolute Gasteiger partial charge is 0.188 e. The summed E-state index contributed by atoms with van der Waals surface area (Å²) in [6, 6.07) is 7.88. The van der Waals surface area contributed by atoms with Crippen LogP contribution in [0.3, 0.4) is 0 Å². The van der Waals surface area contributed by atoms with E-state index in [1.165, 1.54) is 19.3 Å². The Labute approximate surface area is 138 Å². The summed E-state index contributed by atoms with van der Waals surface area (Å²) in [6.45, 7) is 2.29. The number of ether oxygens (including phenoxy) is 2. The minimum Gasteiger partial charge on any atom is -0.496 e. The van der Waals surface area contributed by atoms with E-state index >= 15 is 0 Å². The number of methoxy groups -OCH3 is 1. The van der Waals surface area contributed by atoms with Crippen LogP contribution in [-0.4, -0.2) is 31.8 Å². The third kappa shape index (κ3) is 3.96. The van der Waals surface area contributed by atoms with Gasteiger partial charge in [0.25, 0.3) is 0 Å². The first-order valence-corrected chi connectivity index (χ1v) is 8.50. The van der Waals surface area contributed by atoms with Gasteiger partial charge in [0.15, 0.2) is 5.96 Å². The zero-order valence-electron chi connectivity index (χ0n) is 13.9. The maximum Gasteiger partial charge on any atom is 0.188 e. The molecule has 1 aliphatic heterocycles. The molecule has 1 atom stereocenters. The quantitative estimate of drug-likeness (QED) is 0.646. The molecular formula is C18H27N3O2. The van der Waals surface area contributed by atoms with E-state index in [0.717, 1.165) is 37.3 Å². The van der Waals surface area contributed by atoms with Crippen LogP contribution >= 0.6 is 0 Å². The highest BCUT2D eigenvalue weighted by molar-refractivity contribution is 5.77. The van der Waals surface area contributed by atoms with Gasteiger partial charge in [-0.25, -0.2) is 4.99 Å². The Kier molecular flexibility index (Phi) is 5.06. The van der Waals surface area contributed by atoms with Gasteiger partial charge in [-0.3, -0.25) is 0 Å². The van der Waals surface area contributed by atoms with Gasteiger partial charge in [0, 0.05) is 18.7 Å². The molecule has 0 radical (unpaired) electrons. The third-order valence-electron chi connectivity index (χ3n) is 5.04. The standard InChI is InChI=1S/C18H27N3O2/c1-22-16-6-3-2-5-15(16)13-21-17(19)20-12-14-7-10-23-18(11-14)8-4-9-18/h2-3,5-6,14H,4,7-13H2,1H3,(H3,19,20,21). The molecule has 1 aliphatic carbocycles. The molecule has 5 heteroatoms. The summed E-state index contributed by atoms with van der Waals surface area (Å²) >= 11 is 0. The van der Waals surface area contributed by atoms with Crippen molar-refractivity contribution in [3.8, 4) is 5.75 Å². The molecule has 1 unspecified atom stereocenters. The second-order valence-corrected chi connectivity index (χ2v) is 6.64. The van der Waals surface area contributed by atoms with Crippen molar-refractivity contribution in [3.05, 3.63) is 29.8 Å². The molecule has 126 valence electrons. The number of benzene rings is 1. The largest absolute Gasteiger partial charge is 0.496 e. The molecule has 5 nitrogen and oxygen atoms in total. The van der Waals surface area contributed by atoms with Crippen molar-refractivity contribution in [2.24, 2.45) is 16.6 Å². The van der Waals surface area contributed by atoms with Crippen LogP contribution in [0.1, 0.15) is 37.7 Å². The SMILES string of the molecule is COc1ccccc1CN=C(N)NCC1CCOC2(CCC2)C1. The third-order valence-corrected chi connectivity index (χ3v) is 5.04. The highest BCUT2D eigenvalue weighted by atomic mass is 16.5. The molecular weight excluding hydrogens is 290 g/mol. The second kappa shape index (κ2) is 7.21. The van der Waals surface area contributed by atoms with Gasteiger partial charge >= 0.3 is 0 Å². The summed E-state index contributed by atoms with van der Waals surface area (Å²) in [5, 5.41) is 3.28. The van der Waals surface area contributed by atoms with E-state index in [0.29, 0.717) is 18.4 Å². The molecule has 2 fully saturated rings. The Morgan fingerprint density at radius 2 is 2.26 bits per heavy atom. The minimum atomic E-state index is 0.188. The number of nitrogens with one attached hydrogen (secondary N) is 1. The summed E-state index contributed by atoms with van der Waals surface area (Å²) in [6.07, 6.45) is 6.01. The average Bonchev–Trinajstić information content (AvgIpc) is 2.57. The first-order valence-electron chi connectivity index (χ1n) is 8.50. The number of aliphatic imine (C=N–C) groups is 1. The van der Waals surface area contributed by atoms with E-state index in [9.17, 15) is 0 Å². The molecule has 3 N–H and O–H groups in total. The number of para-hydroxylation sites is 1. The number of hydrogen-bond acceptors (Lipinski definition) is 3. The molecule has 0 amide bonds. The zero-order chi connectivity index (χ0) is 16.1. The predicted molar refractivity (Wildman–Crippen MR) is 91.6 cm³/mol. The fourth-order valence-electron chi connectivity index (χ4n) is 3.53. The number of rotatable bonds is 5. The Morgan fingerprint density at radius 3 is 3.00 bits per heavy atom. The minimum absolute atomic E-state index is 0.188. The van der Waals surface area contributed by atoms with Crippen molar-refractivity contribution in [2.45, 2.75) is 44.2 Å². The molecule has 2 aliphatic rings. The molecule has 1 heterocycles. The first kappa shape index (κ1) is 16.1. The lowest BCUT2D eigenvalue weighted by atomic mass is 9.72. The van der Waals surface area contributed by atoms with Crippen LogP contribution in [0.5, 0.6) is 5.75 Å². The maximum absolute atomic E-state index is 6.01. The highest BCUT2D eigenvalue weighted by Gasteiger charge is 2.42. The van der Waals surface area contributed by atoms with Gasteiger partial charge in [-0.1, -0.05) is 18.2 Å². The van der Waals surface area contributed by atoms with Crippen molar-refractivity contribution in [2.75, 3.05) is 20.3 Å². The maximum atomic E-state index is 6.01. The molecule has 0 aromatic heterocycles. The van der Waals surface area contributed by atoms with Crippen LogP contribution in [0.15, 0.2) is 29.3 Å². The molecule has 1 spiro atoms. The van der Waals surface area contributed by atoms with Crippen LogP contribution in [0.2, 0.25) is 0 Å². The first-order chi connectivity index (χ1) is 11.2. The van der Waals surface area contributed by atoms with Gasteiger partial charge in [-0.2, -0.15) is 0 Å². The molecule has 1 saturated heterocycles. The molecule has 23 heavy (non-hydrogen) atoms. The van der Waals surface area contributed by atoms with Crippen LogP contribution in [0.25, 0.3) is 0 Å². The Morgan fingerprint density at radius 1 is 1.43 bits per heavy atom. The lowest BCUT2D eigenvalue weighted by Crippen LogP contribution is -2.48. The van der Waals surface area contributed by atoms with Crippen LogP contribution in [-0.2, 0) is 11.3 Å². The number of guanidine groups is 1. The second-order valence-electron chi connectivity index (χ2n) is 6.64. The molecule has 1 aromatic rings. The summed E-state index contributed by atoms with van der Waals surface area (Å²) in [5.74, 6) is 1.98. The van der Waals surface area contributed by atoms with E-state index < -0.39 is 0 Å². The zero-order valence-corrected chi connectivity index (χ0v) is 13.9. The van der Waals surface area contributed by atoms with Crippen molar-refractivity contribution in [1.82, 2.24) is 5.32 Å². The lowest BCUT2D eigenvalue weighted by molar-refractivity contribution is -0.142. The van der Waals surface area contributed by atoms with Crippen LogP contribution < -0.4 is 15.8 Å². The van der Waals surface area contributed by atoms with Gasteiger partial charge < -0.3 is 20.5 Å². The predicted octanol–water partition coefficient (Wildman–Crippen LogP) is 2.45. The Hall–Kier alpha value is -1.75. The highest BCUT2D eigenvalue weighted by Crippen LogP contribution is 2.43. The summed E-state index contributed by atoms with van der Waals surface area (Å²) < 4.78 is 11.3. The van der Waals surface area contributed by atoms with E-state index in [1.54, 1.807) is 7.11 Å².